The number of aliphatic hydroxyl groups excluding tert-OH is 1. The molecule has 5 heteroatoms. The van der Waals surface area contributed by atoms with Gasteiger partial charge in [-0.1, -0.05) is 12.1 Å². The first-order valence-corrected chi connectivity index (χ1v) is 8.67. The molecule has 0 aliphatic heterocycles. The summed E-state index contributed by atoms with van der Waals surface area (Å²) < 4.78 is 15.0. The van der Waals surface area contributed by atoms with Crippen LogP contribution in [0.3, 0.4) is 0 Å². The molecule has 0 saturated heterocycles. The average Bonchev–Trinajstić information content (AvgIpc) is 3.33. The van der Waals surface area contributed by atoms with Crippen LogP contribution in [0, 0.1) is 25.6 Å². The van der Waals surface area contributed by atoms with Crippen LogP contribution in [-0.2, 0) is 19.6 Å². The maximum absolute atomic E-state index is 13.1. The minimum Gasteiger partial charge on any atom is -0.394 e. The fourth-order valence-corrected chi connectivity index (χ4v) is 3.20. The summed E-state index contributed by atoms with van der Waals surface area (Å²) in [6, 6.07) is 6.79. The molecule has 0 amide bonds. The third-order valence-corrected chi connectivity index (χ3v) is 4.76. The van der Waals surface area contributed by atoms with E-state index in [0.29, 0.717) is 6.54 Å². The minimum absolute atomic E-state index is 0.1000. The Bertz CT molecular complexity index is 677. The molecule has 0 unspecified atom stereocenters. The summed E-state index contributed by atoms with van der Waals surface area (Å²) in [6.45, 7) is 7.47. The van der Waals surface area contributed by atoms with Gasteiger partial charge >= 0.3 is 0 Å². The van der Waals surface area contributed by atoms with Crippen LogP contribution >= 0.6 is 0 Å². The lowest BCUT2D eigenvalue weighted by molar-refractivity contribution is 0.244. The maximum Gasteiger partial charge on any atom is 0.123 e. The lowest BCUT2D eigenvalue weighted by Crippen LogP contribution is -2.25. The summed E-state index contributed by atoms with van der Waals surface area (Å²) in [5.74, 6) is 0.600. The van der Waals surface area contributed by atoms with Gasteiger partial charge < -0.3 is 5.11 Å². The Balaban J connectivity index is 1.75. The molecule has 2 aromatic rings. The molecule has 1 aliphatic carbocycles. The van der Waals surface area contributed by atoms with Gasteiger partial charge in [-0.15, -0.1) is 0 Å². The van der Waals surface area contributed by atoms with E-state index in [1.807, 2.05) is 23.7 Å². The number of rotatable bonds is 8. The fraction of sp³-hybridized carbons (Fsp3) is 0.526. The van der Waals surface area contributed by atoms with Crippen molar-refractivity contribution in [1.29, 1.82) is 0 Å². The van der Waals surface area contributed by atoms with Crippen LogP contribution in [0.2, 0.25) is 0 Å². The molecule has 0 atom stereocenters. The molecular weight excluding hydrogens is 305 g/mol. The highest BCUT2D eigenvalue weighted by Crippen LogP contribution is 2.31. The molecule has 1 heterocycles. The van der Waals surface area contributed by atoms with E-state index in [2.05, 4.69) is 16.9 Å². The largest absolute Gasteiger partial charge is 0.394 e. The first-order valence-electron chi connectivity index (χ1n) is 8.67. The number of hydrogen-bond donors (Lipinski definition) is 1. The van der Waals surface area contributed by atoms with Crippen molar-refractivity contribution in [3.63, 3.8) is 0 Å². The molecule has 0 spiro atoms. The highest BCUT2D eigenvalue weighted by molar-refractivity contribution is 5.25. The molecule has 24 heavy (non-hydrogen) atoms. The van der Waals surface area contributed by atoms with Gasteiger partial charge in [0.25, 0.3) is 0 Å². The Kier molecular flexibility index (Phi) is 5.31. The highest BCUT2D eigenvalue weighted by atomic mass is 19.1. The van der Waals surface area contributed by atoms with E-state index in [-0.39, 0.29) is 12.4 Å². The van der Waals surface area contributed by atoms with Crippen molar-refractivity contribution in [2.75, 3.05) is 13.2 Å². The molecule has 1 aromatic heterocycles. The zero-order valence-corrected chi connectivity index (χ0v) is 14.5. The lowest BCUT2D eigenvalue weighted by atomic mass is 10.1. The Morgan fingerprint density at radius 1 is 1.21 bits per heavy atom. The molecule has 3 rings (SSSR count). The van der Waals surface area contributed by atoms with E-state index in [1.54, 1.807) is 0 Å². The third-order valence-electron chi connectivity index (χ3n) is 4.76. The van der Waals surface area contributed by atoms with Crippen molar-refractivity contribution >= 4 is 0 Å². The van der Waals surface area contributed by atoms with Gasteiger partial charge in [-0.05, 0) is 50.3 Å². The zero-order valence-electron chi connectivity index (χ0n) is 14.5. The lowest BCUT2D eigenvalue weighted by Gasteiger charge is -2.23. The van der Waals surface area contributed by atoms with E-state index in [1.165, 1.54) is 30.5 Å². The second kappa shape index (κ2) is 7.45. The van der Waals surface area contributed by atoms with Crippen molar-refractivity contribution in [2.24, 2.45) is 5.92 Å². The van der Waals surface area contributed by atoms with Crippen molar-refractivity contribution in [3.8, 4) is 0 Å². The van der Waals surface area contributed by atoms with Crippen molar-refractivity contribution in [2.45, 2.75) is 46.3 Å². The molecular formula is C19H26FN3O. The van der Waals surface area contributed by atoms with Gasteiger partial charge in [-0.25, -0.2) is 4.39 Å². The average molecular weight is 331 g/mol. The Morgan fingerprint density at radius 2 is 1.92 bits per heavy atom. The molecule has 1 N–H and O–H groups in total. The molecule has 4 nitrogen and oxygen atoms in total. The van der Waals surface area contributed by atoms with Crippen LogP contribution in [0.4, 0.5) is 4.39 Å². The normalized spacial score (nSPS) is 14.5. The Labute approximate surface area is 142 Å². The van der Waals surface area contributed by atoms with Gasteiger partial charge in [0.1, 0.15) is 5.82 Å². The first-order chi connectivity index (χ1) is 11.6. The van der Waals surface area contributed by atoms with Crippen LogP contribution in [-0.4, -0.2) is 32.9 Å². The van der Waals surface area contributed by atoms with Crippen LogP contribution in [0.1, 0.15) is 35.4 Å². The third kappa shape index (κ3) is 4.22. The van der Waals surface area contributed by atoms with Crippen molar-refractivity contribution < 1.29 is 9.50 Å². The van der Waals surface area contributed by atoms with E-state index >= 15 is 0 Å². The number of aliphatic hydroxyl groups is 1. The summed E-state index contributed by atoms with van der Waals surface area (Å²) >= 11 is 0. The Hall–Kier alpha value is -1.72. The van der Waals surface area contributed by atoms with Gasteiger partial charge in [-0.2, -0.15) is 5.10 Å². The van der Waals surface area contributed by atoms with Crippen LogP contribution in [0.15, 0.2) is 24.3 Å². The molecule has 1 aromatic carbocycles. The second-order valence-electron chi connectivity index (χ2n) is 6.84. The van der Waals surface area contributed by atoms with E-state index in [4.69, 9.17) is 5.11 Å². The molecule has 130 valence electrons. The van der Waals surface area contributed by atoms with E-state index < -0.39 is 0 Å². The standard InChI is InChI=1S/C19H26FN3O/c1-14-19(15(2)23(21-14)9-10-24)13-22(11-16-3-4-16)12-17-5-7-18(20)8-6-17/h5-8,16,24H,3-4,9-13H2,1-2H3. The summed E-state index contributed by atoms with van der Waals surface area (Å²) in [6.07, 6.45) is 2.61. The Morgan fingerprint density at radius 3 is 2.54 bits per heavy atom. The minimum atomic E-state index is -0.190. The van der Waals surface area contributed by atoms with Crippen LogP contribution < -0.4 is 0 Å². The molecule has 0 bridgehead atoms. The molecule has 1 aliphatic rings. The molecule has 1 saturated carbocycles. The number of aryl methyl sites for hydroxylation is 1. The quantitative estimate of drug-likeness (QED) is 0.808. The summed E-state index contributed by atoms with van der Waals surface area (Å²) in [4.78, 5) is 2.44. The number of hydrogen-bond acceptors (Lipinski definition) is 3. The molecule has 1 fully saturated rings. The van der Waals surface area contributed by atoms with Crippen LogP contribution in [0.5, 0.6) is 0 Å². The van der Waals surface area contributed by atoms with E-state index in [9.17, 15) is 4.39 Å². The first kappa shape index (κ1) is 17.1. The van der Waals surface area contributed by atoms with Gasteiger partial charge in [-0.3, -0.25) is 9.58 Å². The topological polar surface area (TPSA) is 41.3 Å². The van der Waals surface area contributed by atoms with Crippen molar-refractivity contribution in [3.05, 3.63) is 52.6 Å². The second-order valence-corrected chi connectivity index (χ2v) is 6.84. The number of aromatic nitrogens is 2. The zero-order chi connectivity index (χ0) is 17.1. The van der Waals surface area contributed by atoms with Gasteiger partial charge in [0.05, 0.1) is 18.8 Å². The maximum atomic E-state index is 13.1. The summed E-state index contributed by atoms with van der Waals surface area (Å²) in [5, 5.41) is 13.7. The van der Waals surface area contributed by atoms with Crippen LogP contribution in [0.25, 0.3) is 0 Å². The van der Waals surface area contributed by atoms with Gasteiger partial charge in [0, 0.05) is 30.9 Å². The summed E-state index contributed by atoms with van der Waals surface area (Å²) in [5.41, 5.74) is 4.53. The predicted octanol–water partition coefficient (Wildman–Crippen LogP) is 3.04. The number of nitrogens with zero attached hydrogens (tertiary/aromatic N) is 3. The highest BCUT2D eigenvalue weighted by Gasteiger charge is 2.25. The number of halogens is 1. The SMILES string of the molecule is Cc1nn(CCO)c(C)c1CN(Cc1ccc(F)cc1)CC1CC1. The number of benzene rings is 1. The van der Waals surface area contributed by atoms with Gasteiger partial charge in [0.15, 0.2) is 0 Å². The molecule has 0 radical (unpaired) electrons. The smallest absolute Gasteiger partial charge is 0.123 e. The monoisotopic (exact) mass is 331 g/mol. The predicted molar refractivity (Wildman–Crippen MR) is 92.0 cm³/mol. The summed E-state index contributed by atoms with van der Waals surface area (Å²) in [7, 11) is 0. The van der Waals surface area contributed by atoms with Gasteiger partial charge in [0.2, 0.25) is 0 Å². The van der Waals surface area contributed by atoms with E-state index in [0.717, 1.165) is 42.5 Å². The fourth-order valence-electron chi connectivity index (χ4n) is 3.20. The van der Waals surface area contributed by atoms with Crippen molar-refractivity contribution in [1.82, 2.24) is 14.7 Å².